The van der Waals surface area contributed by atoms with Gasteiger partial charge in [0.1, 0.15) is 0 Å². The molecule has 2 N–H and O–H groups in total. The van der Waals surface area contributed by atoms with E-state index >= 15 is 0 Å². The Labute approximate surface area is 155 Å². The van der Waals surface area contributed by atoms with Gasteiger partial charge in [0.2, 0.25) is 0 Å². The van der Waals surface area contributed by atoms with Crippen molar-refractivity contribution in [2.24, 2.45) is 0 Å². The molecule has 0 atom stereocenters. The number of carbonyl (C=O) groups excluding carboxylic acids is 1. The lowest BCUT2D eigenvalue weighted by Crippen LogP contribution is -2.28. The Hall–Kier alpha value is -3.67. The zero-order chi connectivity index (χ0) is 18.6. The summed E-state index contributed by atoms with van der Waals surface area (Å²) in [6.45, 7) is 0.472. The molecule has 0 unspecified atom stereocenters. The summed E-state index contributed by atoms with van der Waals surface area (Å²) in [5.41, 5.74) is 2.00. The zero-order valence-electron chi connectivity index (χ0n) is 14.6. The zero-order valence-corrected chi connectivity index (χ0v) is 14.6. The Bertz CT molecular complexity index is 1130. The van der Waals surface area contributed by atoms with E-state index in [9.17, 15) is 9.59 Å². The quantitative estimate of drug-likeness (QED) is 0.576. The molecule has 27 heavy (non-hydrogen) atoms. The molecule has 2 aromatic carbocycles. The van der Waals surface area contributed by atoms with Crippen LogP contribution in [0.4, 0.5) is 0 Å². The van der Waals surface area contributed by atoms with Crippen molar-refractivity contribution in [3.05, 3.63) is 94.9 Å². The number of para-hydroxylation sites is 1. The largest absolute Gasteiger partial charge is 0.352 e. The second kappa shape index (κ2) is 7.29. The summed E-state index contributed by atoms with van der Waals surface area (Å²) in [5, 5.41) is 4.09. The lowest BCUT2D eigenvalue weighted by Gasteiger charge is -2.12. The van der Waals surface area contributed by atoms with Gasteiger partial charge < -0.3 is 10.3 Å². The SMILES string of the molecule is O=C(NCCc1cnc[nH]1)c1cn(-c2ccccc2)c(=O)c2ccccc12. The first-order chi connectivity index (χ1) is 13.2. The van der Waals surface area contributed by atoms with Crippen molar-refractivity contribution < 1.29 is 4.79 Å². The van der Waals surface area contributed by atoms with Crippen LogP contribution in [0.3, 0.4) is 0 Å². The fourth-order valence-electron chi connectivity index (χ4n) is 3.08. The number of hydrogen-bond acceptors (Lipinski definition) is 3. The first-order valence-electron chi connectivity index (χ1n) is 8.69. The van der Waals surface area contributed by atoms with Gasteiger partial charge in [0, 0.05) is 47.5 Å². The number of rotatable bonds is 5. The van der Waals surface area contributed by atoms with Gasteiger partial charge in [-0.3, -0.25) is 14.2 Å². The van der Waals surface area contributed by atoms with Gasteiger partial charge in [-0.05, 0) is 18.2 Å². The van der Waals surface area contributed by atoms with Gasteiger partial charge in [-0.2, -0.15) is 0 Å². The number of amides is 1. The number of aromatic amines is 1. The van der Waals surface area contributed by atoms with Crippen LogP contribution in [-0.2, 0) is 6.42 Å². The Morgan fingerprint density at radius 1 is 1.04 bits per heavy atom. The van der Waals surface area contributed by atoms with Crippen LogP contribution >= 0.6 is 0 Å². The van der Waals surface area contributed by atoms with Gasteiger partial charge in [-0.15, -0.1) is 0 Å². The standard InChI is InChI=1S/C21H18N4O2/c26-20(23-11-10-15-12-22-14-24-15)19-13-25(16-6-2-1-3-7-16)21(27)18-9-5-4-8-17(18)19/h1-9,12-14H,10-11H2,(H,22,24)(H,23,26). The second-order valence-corrected chi connectivity index (χ2v) is 6.18. The van der Waals surface area contributed by atoms with Crippen LogP contribution < -0.4 is 10.9 Å². The van der Waals surface area contributed by atoms with Gasteiger partial charge in [0.05, 0.1) is 11.9 Å². The molecule has 4 aromatic rings. The minimum atomic E-state index is -0.213. The summed E-state index contributed by atoms with van der Waals surface area (Å²) in [5.74, 6) is -0.213. The number of fused-ring (bicyclic) bond motifs is 1. The summed E-state index contributed by atoms with van der Waals surface area (Å²) >= 11 is 0. The third-order valence-electron chi connectivity index (χ3n) is 4.44. The van der Waals surface area contributed by atoms with Gasteiger partial charge in [-0.25, -0.2) is 4.98 Å². The van der Waals surface area contributed by atoms with E-state index < -0.39 is 0 Å². The van der Waals surface area contributed by atoms with Crippen LogP contribution in [0.25, 0.3) is 16.5 Å². The normalized spacial score (nSPS) is 10.8. The van der Waals surface area contributed by atoms with E-state index in [1.54, 1.807) is 36.9 Å². The minimum Gasteiger partial charge on any atom is -0.352 e. The van der Waals surface area contributed by atoms with Crippen LogP contribution in [0.2, 0.25) is 0 Å². The maximum Gasteiger partial charge on any atom is 0.262 e. The first-order valence-corrected chi connectivity index (χ1v) is 8.69. The van der Waals surface area contributed by atoms with E-state index in [1.165, 1.54) is 4.57 Å². The summed E-state index contributed by atoms with van der Waals surface area (Å²) in [7, 11) is 0. The van der Waals surface area contributed by atoms with E-state index in [2.05, 4.69) is 15.3 Å². The molecule has 2 heterocycles. The summed E-state index contributed by atoms with van der Waals surface area (Å²) in [6, 6.07) is 16.5. The molecule has 0 saturated carbocycles. The number of nitrogens with one attached hydrogen (secondary N) is 2. The first kappa shape index (κ1) is 16.8. The summed E-state index contributed by atoms with van der Waals surface area (Å²) < 4.78 is 1.52. The number of H-pyrrole nitrogens is 1. The highest BCUT2D eigenvalue weighted by Crippen LogP contribution is 2.17. The van der Waals surface area contributed by atoms with Gasteiger partial charge >= 0.3 is 0 Å². The van der Waals surface area contributed by atoms with Crippen molar-refractivity contribution in [3.8, 4) is 5.69 Å². The van der Waals surface area contributed by atoms with Gasteiger partial charge in [0.25, 0.3) is 11.5 Å². The van der Waals surface area contributed by atoms with E-state index in [-0.39, 0.29) is 11.5 Å². The predicted molar refractivity (Wildman–Crippen MR) is 104 cm³/mol. The number of carbonyl (C=O) groups is 1. The smallest absolute Gasteiger partial charge is 0.262 e. The molecule has 0 saturated heterocycles. The summed E-state index contributed by atoms with van der Waals surface area (Å²) in [6.07, 6.45) is 5.62. The maximum absolute atomic E-state index is 12.9. The number of benzene rings is 2. The molecule has 134 valence electrons. The van der Waals surface area contributed by atoms with E-state index in [1.807, 2.05) is 36.4 Å². The van der Waals surface area contributed by atoms with Crippen molar-refractivity contribution in [2.75, 3.05) is 6.54 Å². The maximum atomic E-state index is 12.9. The molecule has 0 spiro atoms. The Kier molecular flexibility index (Phi) is 4.53. The third-order valence-corrected chi connectivity index (χ3v) is 4.44. The predicted octanol–water partition coefficient (Wildman–Crippen LogP) is 2.69. The summed E-state index contributed by atoms with van der Waals surface area (Å²) in [4.78, 5) is 32.7. The Morgan fingerprint density at radius 3 is 2.52 bits per heavy atom. The fraction of sp³-hybridized carbons (Fsp3) is 0.0952. The van der Waals surface area contributed by atoms with E-state index in [4.69, 9.17) is 0 Å². The molecular weight excluding hydrogens is 340 g/mol. The van der Waals surface area contributed by atoms with Crippen molar-refractivity contribution >= 4 is 16.7 Å². The van der Waals surface area contributed by atoms with E-state index in [0.29, 0.717) is 29.3 Å². The lowest BCUT2D eigenvalue weighted by molar-refractivity contribution is 0.0955. The molecular formula is C21H18N4O2. The number of nitrogens with zero attached hydrogens (tertiary/aromatic N) is 2. The minimum absolute atomic E-state index is 0.147. The molecule has 6 heteroatoms. The molecule has 0 aliphatic carbocycles. The lowest BCUT2D eigenvalue weighted by atomic mass is 10.1. The second-order valence-electron chi connectivity index (χ2n) is 6.18. The molecule has 2 aromatic heterocycles. The Balaban J connectivity index is 1.71. The number of hydrogen-bond donors (Lipinski definition) is 2. The molecule has 6 nitrogen and oxygen atoms in total. The average Bonchev–Trinajstić information content (AvgIpc) is 3.22. The highest BCUT2D eigenvalue weighted by Gasteiger charge is 2.15. The molecule has 4 rings (SSSR count). The molecule has 0 aliphatic rings. The number of imidazole rings is 1. The van der Waals surface area contributed by atoms with E-state index in [0.717, 1.165) is 11.4 Å². The monoisotopic (exact) mass is 358 g/mol. The fourth-order valence-corrected chi connectivity index (χ4v) is 3.08. The highest BCUT2D eigenvalue weighted by atomic mass is 16.2. The van der Waals surface area contributed by atoms with Crippen molar-refractivity contribution in [3.63, 3.8) is 0 Å². The van der Waals surface area contributed by atoms with Crippen LogP contribution in [0.5, 0.6) is 0 Å². The average molecular weight is 358 g/mol. The van der Waals surface area contributed by atoms with Crippen LogP contribution in [0, 0.1) is 0 Å². The van der Waals surface area contributed by atoms with Crippen molar-refractivity contribution in [1.82, 2.24) is 19.9 Å². The van der Waals surface area contributed by atoms with Crippen LogP contribution in [-0.4, -0.2) is 27.0 Å². The highest BCUT2D eigenvalue weighted by molar-refractivity contribution is 6.06. The molecule has 0 aliphatic heterocycles. The molecule has 0 fully saturated rings. The van der Waals surface area contributed by atoms with Crippen molar-refractivity contribution in [2.45, 2.75) is 6.42 Å². The molecule has 0 radical (unpaired) electrons. The third kappa shape index (κ3) is 3.37. The van der Waals surface area contributed by atoms with Gasteiger partial charge in [0.15, 0.2) is 0 Å². The molecule has 0 bridgehead atoms. The van der Waals surface area contributed by atoms with Crippen LogP contribution in [0.1, 0.15) is 16.1 Å². The topological polar surface area (TPSA) is 79.8 Å². The molecule has 1 amide bonds. The number of aromatic nitrogens is 3. The van der Waals surface area contributed by atoms with Gasteiger partial charge in [-0.1, -0.05) is 36.4 Å². The van der Waals surface area contributed by atoms with Crippen LogP contribution in [0.15, 0.2) is 78.1 Å². The van der Waals surface area contributed by atoms with Crippen molar-refractivity contribution in [1.29, 1.82) is 0 Å². The number of pyridine rings is 1. The Morgan fingerprint density at radius 2 is 1.78 bits per heavy atom.